The fraction of sp³-hybridized carbons (Fsp3) is 0.214. The van der Waals surface area contributed by atoms with Gasteiger partial charge in [-0.25, -0.2) is 0 Å². The highest BCUT2D eigenvalue weighted by Gasteiger charge is 2.03. The van der Waals surface area contributed by atoms with Crippen molar-refractivity contribution in [1.82, 2.24) is 4.98 Å². The van der Waals surface area contributed by atoms with E-state index in [2.05, 4.69) is 32.9 Å². The summed E-state index contributed by atoms with van der Waals surface area (Å²) < 4.78 is 6.35. The van der Waals surface area contributed by atoms with Crippen LogP contribution in [0.25, 0.3) is 0 Å². The van der Waals surface area contributed by atoms with Gasteiger partial charge >= 0.3 is 0 Å². The number of nitrogens with one attached hydrogen (secondary N) is 1. The summed E-state index contributed by atoms with van der Waals surface area (Å²) in [6, 6.07) is 9.73. The molecule has 0 aliphatic heterocycles. The number of halogens is 2. The van der Waals surface area contributed by atoms with E-state index in [9.17, 15) is 0 Å². The van der Waals surface area contributed by atoms with Crippen molar-refractivity contribution < 1.29 is 4.74 Å². The number of nitrogens with zero attached hydrogens (tertiary/aromatic N) is 1. The normalized spacial score (nSPS) is 10.3. The number of anilines is 1. The Kier molecular flexibility index (Phi) is 4.87. The molecule has 19 heavy (non-hydrogen) atoms. The van der Waals surface area contributed by atoms with Crippen LogP contribution in [0.1, 0.15) is 11.4 Å². The van der Waals surface area contributed by atoms with E-state index < -0.39 is 0 Å². The molecule has 0 fully saturated rings. The van der Waals surface area contributed by atoms with Gasteiger partial charge in [0, 0.05) is 21.4 Å². The Hall–Kier alpha value is -1.01. The molecule has 0 unspecified atom stereocenters. The van der Waals surface area contributed by atoms with Crippen molar-refractivity contribution >= 4 is 39.9 Å². The second kappa shape index (κ2) is 6.43. The van der Waals surface area contributed by atoms with Gasteiger partial charge in [0.05, 0.1) is 30.1 Å². The second-order valence-electron chi connectivity index (χ2n) is 4.12. The first-order valence-corrected chi connectivity index (χ1v) is 7.24. The van der Waals surface area contributed by atoms with E-state index in [1.54, 1.807) is 7.11 Å². The third-order valence-corrected chi connectivity index (χ3v) is 3.59. The first-order valence-electron chi connectivity index (χ1n) is 5.79. The molecule has 0 amide bonds. The smallest absolute Gasteiger partial charge is 0.122 e. The van der Waals surface area contributed by atoms with Gasteiger partial charge in [-0.15, -0.1) is 0 Å². The van der Waals surface area contributed by atoms with Crippen LogP contribution in [0.2, 0.25) is 5.02 Å². The summed E-state index contributed by atoms with van der Waals surface area (Å²) >= 11 is 8.41. The average Bonchev–Trinajstić information content (AvgIpc) is 2.37. The quantitative estimate of drug-likeness (QED) is 0.794. The van der Waals surface area contributed by atoms with Crippen LogP contribution in [0.15, 0.2) is 30.3 Å². The van der Waals surface area contributed by atoms with Crippen molar-refractivity contribution in [3.05, 3.63) is 50.3 Å². The highest BCUT2D eigenvalue weighted by Crippen LogP contribution is 2.24. The number of benzene rings is 1. The van der Waals surface area contributed by atoms with Gasteiger partial charge in [-0.1, -0.05) is 11.6 Å². The van der Waals surface area contributed by atoms with Gasteiger partial charge in [-0.2, -0.15) is 0 Å². The first-order chi connectivity index (χ1) is 9.08. The maximum absolute atomic E-state index is 6.17. The zero-order valence-corrected chi connectivity index (χ0v) is 13.6. The minimum Gasteiger partial charge on any atom is -0.497 e. The van der Waals surface area contributed by atoms with E-state index in [1.807, 2.05) is 37.3 Å². The van der Waals surface area contributed by atoms with Gasteiger partial charge in [0.25, 0.3) is 0 Å². The number of pyridine rings is 1. The number of aromatic nitrogens is 1. The molecule has 1 aromatic heterocycles. The van der Waals surface area contributed by atoms with Gasteiger partial charge in [0.1, 0.15) is 5.75 Å². The predicted octanol–water partition coefficient (Wildman–Crippen LogP) is 4.27. The molecule has 1 heterocycles. The first kappa shape index (κ1) is 14.4. The summed E-state index contributed by atoms with van der Waals surface area (Å²) in [5.41, 5.74) is 2.76. The Morgan fingerprint density at radius 3 is 2.79 bits per heavy atom. The highest BCUT2D eigenvalue weighted by atomic mass is 127. The second-order valence-corrected chi connectivity index (χ2v) is 5.77. The van der Waals surface area contributed by atoms with Crippen LogP contribution in [0, 0.1) is 10.5 Å². The molecule has 5 heteroatoms. The zero-order valence-electron chi connectivity index (χ0n) is 10.7. The number of hydrogen-bond donors (Lipinski definition) is 1. The molecule has 0 saturated carbocycles. The molecule has 3 nitrogen and oxygen atoms in total. The molecule has 0 atom stereocenters. The van der Waals surface area contributed by atoms with Crippen LogP contribution in [0.5, 0.6) is 5.75 Å². The van der Waals surface area contributed by atoms with E-state index in [1.165, 1.54) is 0 Å². The van der Waals surface area contributed by atoms with E-state index in [0.29, 0.717) is 11.6 Å². The van der Waals surface area contributed by atoms with Crippen molar-refractivity contribution in [3.8, 4) is 5.75 Å². The monoisotopic (exact) mass is 388 g/mol. The summed E-state index contributed by atoms with van der Waals surface area (Å²) in [6.07, 6.45) is 0. The fourth-order valence-electron chi connectivity index (χ4n) is 1.73. The maximum atomic E-state index is 6.17. The summed E-state index contributed by atoms with van der Waals surface area (Å²) in [5.74, 6) is 0.818. The molecule has 1 N–H and O–H groups in total. The van der Waals surface area contributed by atoms with Crippen molar-refractivity contribution in [2.75, 3.05) is 12.4 Å². The van der Waals surface area contributed by atoms with Crippen LogP contribution in [0.4, 0.5) is 5.69 Å². The zero-order chi connectivity index (χ0) is 13.8. The molecule has 1 aromatic carbocycles. The fourth-order valence-corrected chi connectivity index (χ4v) is 2.65. The third kappa shape index (κ3) is 3.98. The van der Waals surface area contributed by atoms with Gasteiger partial charge in [0.2, 0.25) is 0 Å². The van der Waals surface area contributed by atoms with Crippen molar-refractivity contribution in [1.29, 1.82) is 0 Å². The molecule has 0 bridgehead atoms. The SMILES string of the molecule is COc1cc(C)nc(CNc2ccc(I)cc2Cl)c1. The Morgan fingerprint density at radius 1 is 1.32 bits per heavy atom. The minimum absolute atomic E-state index is 0.609. The van der Waals surface area contributed by atoms with Gasteiger partial charge < -0.3 is 10.1 Å². The molecule has 0 saturated heterocycles. The predicted molar refractivity (Wildman–Crippen MR) is 87.0 cm³/mol. The largest absolute Gasteiger partial charge is 0.497 e. The maximum Gasteiger partial charge on any atom is 0.122 e. The van der Waals surface area contributed by atoms with Crippen molar-refractivity contribution in [3.63, 3.8) is 0 Å². The Morgan fingerprint density at radius 2 is 2.11 bits per heavy atom. The van der Waals surface area contributed by atoms with Crippen molar-refractivity contribution in [2.45, 2.75) is 13.5 Å². The van der Waals surface area contributed by atoms with E-state index in [4.69, 9.17) is 16.3 Å². The summed E-state index contributed by atoms with van der Waals surface area (Å²) in [4.78, 5) is 4.46. The lowest BCUT2D eigenvalue weighted by Crippen LogP contribution is -2.03. The topological polar surface area (TPSA) is 34.1 Å². The third-order valence-electron chi connectivity index (χ3n) is 2.61. The summed E-state index contributed by atoms with van der Waals surface area (Å²) in [7, 11) is 1.65. The van der Waals surface area contributed by atoms with Crippen LogP contribution in [0.3, 0.4) is 0 Å². The number of rotatable bonds is 4. The van der Waals surface area contributed by atoms with E-state index in [-0.39, 0.29) is 0 Å². The number of ether oxygens (including phenoxy) is 1. The van der Waals surface area contributed by atoms with Crippen LogP contribution in [-0.4, -0.2) is 12.1 Å². The highest BCUT2D eigenvalue weighted by molar-refractivity contribution is 14.1. The molecule has 2 rings (SSSR count). The average molecular weight is 389 g/mol. The molecular weight excluding hydrogens is 375 g/mol. The summed E-state index contributed by atoms with van der Waals surface area (Å²) in [6.45, 7) is 2.56. The number of methoxy groups -OCH3 is 1. The van der Waals surface area contributed by atoms with Crippen LogP contribution in [-0.2, 0) is 6.54 Å². The van der Waals surface area contributed by atoms with Crippen LogP contribution >= 0.6 is 34.2 Å². The number of hydrogen-bond acceptors (Lipinski definition) is 3. The lowest BCUT2D eigenvalue weighted by molar-refractivity contribution is 0.413. The lowest BCUT2D eigenvalue weighted by Gasteiger charge is -2.10. The van der Waals surface area contributed by atoms with Gasteiger partial charge in [0.15, 0.2) is 0 Å². The Labute approximate surface area is 131 Å². The standard InChI is InChI=1S/C14H14ClIN2O/c1-9-5-12(19-2)7-11(18-9)8-17-14-4-3-10(16)6-13(14)15/h3-7,17H,8H2,1-2H3. The summed E-state index contributed by atoms with van der Waals surface area (Å²) in [5, 5.41) is 4.00. The van der Waals surface area contributed by atoms with Gasteiger partial charge in [-0.3, -0.25) is 4.98 Å². The number of aryl methyl sites for hydroxylation is 1. The van der Waals surface area contributed by atoms with Gasteiger partial charge in [-0.05, 0) is 47.7 Å². The van der Waals surface area contributed by atoms with Crippen molar-refractivity contribution in [2.24, 2.45) is 0 Å². The van der Waals surface area contributed by atoms with E-state index >= 15 is 0 Å². The Bertz CT molecular complexity index is 590. The molecule has 0 spiro atoms. The molecule has 0 radical (unpaired) electrons. The van der Waals surface area contributed by atoms with Crippen LogP contribution < -0.4 is 10.1 Å². The molecule has 0 aliphatic rings. The lowest BCUT2D eigenvalue weighted by atomic mass is 10.2. The minimum atomic E-state index is 0.609. The van der Waals surface area contributed by atoms with E-state index in [0.717, 1.165) is 26.4 Å². The molecular formula is C14H14ClIN2O. The molecule has 100 valence electrons. The molecule has 2 aromatic rings. The Balaban J connectivity index is 2.12. The molecule has 0 aliphatic carbocycles.